The number of aliphatic imine (C=N–C) groups is 1. The average molecular weight is 403 g/mol. The molecule has 2 fully saturated rings. The first-order valence-corrected chi connectivity index (χ1v) is 9.62. The summed E-state index contributed by atoms with van der Waals surface area (Å²) >= 11 is 0. The fourth-order valence-electron chi connectivity index (χ4n) is 4.11. The maximum atomic E-state index is 11.4. The Morgan fingerprint density at radius 3 is 2.62 bits per heavy atom. The minimum absolute atomic E-state index is 0.0532. The van der Waals surface area contributed by atoms with Crippen LogP contribution in [0.15, 0.2) is 46.7 Å². The first-order valence-electron chi connectivity index (χ1n) is 9.62. The zero-order chi connectivity index (χ0) is 20.8. The van der Waals surface area contributed by atoms with Crippen LogP contribution in [0.25, 0.3) is 0 Å². The molecule has 2 N–H and O–H groups in total. The van der Waals surface area contributed by atoms with Crippen LogP contribution in [0, 0.1) is 0 Å². The third kappa shape index (κ3) is 3.93. The maximum Gasteiger partial charge on any atom is 0.340 e. The summed E-state index contributed by atoms with van der Waals surface area (Å²) in [6.45, 7) is 5.55. The van der Waals surface area contributed by atoms with Gasteiger partial charge in [-0.3, -0.25) is 4.99 Å². The van der Waals surface area contributed by atoms with Crippen molar-refractivity contribution in [2.45, 2.75) is 70.2 Å². The Kier molecular flexibility index (Phi) is 5.20. The van der Waals surface area contributed by atoms with E-state index >= 15 is 0 Å². The quantitative estimate of drug-likeness (QED) is 0.778. The molecule has 0 radical (unpaired) electrons. The molecule has 4 rings (SSSR count). The smallest absolute Gasteiger partial charge is 0.340 e. The summed E-state index contributed by atoms with van der Waals surface area (Å²) < 4.78 is 24.2. The SMILES string of the molecule is CC1=NC([C@H]2O[C@@H]3OC(C)(C)O[C@@H]3[C@H]2OCc2ccccc2)CC(O)=C1C(=O)O. The minimum atomic E-state index is -1.20. The molecule has 1 aromatic rings. The van der Waals surface area contributed by atoms with Gasteiger partial charge in [0.1, 0.15) is 29.6 Å². The van der Waals surface area contributed by atoms with Gasteiger partial charge in [-0.15, -0.1) is 0 Å². The number of aliphatic carboxylic acids is 1. The summed E-state index contributed by atoms with van der Waals surface area (Å²) in [6, 6.07) is 9.25. The van der Waals surface area contributed by atoms with E-state index in [0.717, 1.165) is 5.56 Å². The molecule has 0 amide bonds. The number of carboxylic acid groups (broad SMARTS) is 1. The Labute approximate surface area is 168 Å². The van der Waals surface area contributed by atoms with Crippen molar-refractivity contribution < 1.29 is 34.0 Å². The number of hydrogen-bond donors (Lipinski definition) is 2. The molecule has 29 heavy (non-hydrogen) atoms. The highest BCUT2D eigenvalue weighted by Crippen LogP contribution is 2.41. The molecule has 0 aliphatic carbocycles. The third-order valence-corrected chi connectivity index (χ3v) is 5.32. The Hall–Kier alpha value is -2.26. The van der Waals surface area contributed by atoms with Gasteiger partial charge in [-0.2, -0.15) is 0 Å². The van der Waals surface area contributed by atoms with Crippen LogP contribution in [0.4, 0.5) is 0 Å². The fourth-order valence-corrected chi connectivity index (χ4v) is 4.11. The molecule has 0 spiro atoms. The molecule has 3 heterocycles. The van der Waals surface area contributed by atoms with Crippen molar-refractivity contribution in [2.24, 2.45) is 4.99 Å². The van der Waals surface area contributed by atoms with E-state index in [1.54, 1.807) is 6.92 Å². The van der Waals surface area contributed by atoms with Crippen molar-refractivity contribution in [3.63, 3.8) is 0 Å². The summed E-state index contributed by atoms with van der Waals surface area (Å²) in [5.41, 5.74) is 1.11. The number of hydrogen-bond acceptors (Lipinski definition) is 7. The van der Waals surface area contributed by atoms with Crippen molar-refractivity contribution in [1.82, 2.24) is 0 Å². The highest BCUT2D eigenvalue weighted by atomic mass is 16.8. The number of aliphatic hydroxyl groups excluding tert-OH is 1. The summed E-state index contributed by atoms with van der Waals surface area (Å²) in [5, 5.41) is 19.6. The van der Waals surface area contributed by atoms with Gasteiger partial charge in [-0.1, -0.05) is 30.3 Å². The van der Waals surface area contributed by atoms with Crippen molar-refractivity contribution in [2.75, 3.05) is 0 Å². The van der Waals surface area contributed by atoms with E-state index in [1.807, 2.05) is 44.2 Å². The minimum Gasteiger partial charge on any atom is -0.511 e. The fraction of sp³-hybridized carbons (Fsp3) is 0.524. The molecule has 8 heteroatoms. The number of ether oxygens (including phenoxy) is 4. The third-order valence-electron chi connectivity index (χ3n) is 5.32. The van der Waals surface area contributed by atoms with E-state index in [2.05, 4.69) is 4.99 Å². The molecular weight excluding hydrogens is 378 g/mol. The molecule has 3 aliphatic rings. The molecule has 8 nitrogen and oxygen atoms in total. The molecule has 1 aromatic carbocycles. The second kappa shape index (κ2) is 7.53. The highest BCUT2D eigenvalue weighted by Gasteiger charge is 2.57. The van der Waals surface area contributed by atoms with Gasteiger partial charge in [0, 0.05) is 6.42 Å². The Bertz CT molecular complexity index is 848. The number of nitrogens with zero attached hydrogens (tertiary/aromatic N) is 1. The van der Waals surface area contributed by atoms with Crippen molar-refractivity contribution in [3.8, 4) is 0 Å². The van der Waals surface area contributed by atoms with Gasteiger partial charge in [0.25, 0.3) is 0 Å². The molecule has 1 unspecified atom stereocenters. The topological polar surface area (TPSA) is 107 Å². The molecule has 2 saturated heterocycles. The standard InChI is InChI=1S/C21H25NO7/c1-11-15(19(24)25)14(23)9-13(22-11)16-17(26-10-12-7-5-4-6-8-12)18-20(27-16)29-21(2,3)28-18/h4-8,13,16-18,20,23H,9-10H2,1-3H3,(H,24,25)/t13?,16-,17+,18-,20-/m1/s1. The number of rotatable bonds is 5. The number of fused-ring (bicyclic) bond motifs is 1. The first kappa shape index (κ1) is 20.0. The molecule has 156 valence electrons. The number of carboxylic acids is 1. The number of dihydropyridines is 1. The lowest BCUT2D eigenvalue weighted by atomic mass is 9.94. The average Bonchev–Trinajstić information content (AvgIpc) is 3.11. The van der Waals surface area contributed by atoms with Crippen LogP contribution in [-0.4, -0.2) is 58.3 Å². The molecule has 0 aromatic heterocycles. The van der Waals surface area contributed by atoms with Gasteiger partial charge in [0.15, 0.2) is 12.1 Å². The summed E-state index contributed by atoms with van der Waals surface area (Å²) in [7, 11) is 0. The zero-order valence-electron chi connectivity index (χ0n) is 16.6. The van der Waals surface area contributed by atoms with E-state index < -0.39 is 42.4 Å². The van der Waals surface area contributed by atoms with Crippen LogP contribution in [0.5, 0.6) is 0 Å². The molecule has 3 aliphatic heterocycles. The lowest BCUT2D eigenvalue weighted by Crippen LogP contribution is -2.43. The van der Waals surface area contributed by atoms with Crippen LogP contribution in [-0.2, 0) is 30.3 Å². The number of aliphatic hydroxyl groups is 1. The van der Waals surface area contributed by atoms with Gasteiger partial charge in [0.2, 0.25) is 0 Å². The zero-order valence-corrected chi connectivity index (χ0v) is 16.6. The second-order valence-electron chi connectivity index (χ2n) is 7.94. The normalized spacial score (nSPS) is 33.5. The monoisotopic (exact) mass is 403 g/mol. The van der Waals surface area contributed by atoms with Gasteiger partial charge in [-0.25, -0.2) is 4.79 Å². The molecule has 0 saturated carbocycles. The largest absolute Gasteiger partial charge is 0.511 e. The molecular formula is C21H25NO7. The maximum absolute atomic E-state index is 11.4. The van der Waals surface area contributed by atoms with E-state index in [1.165, 1.54) is 0 Å². The highest BCUT2D eigenvalue weighted by molar-refractivity contribution is 6.19. The summed E-state index contributed by atoms with van der Waals surface area (Å²) in [6.07, 6.45) is -2.03. The van der Waals surface area contributed by atoms with Gasteiger partial charge >= 0.3 is 5.97 Å². The van der Waals surface area contributed by atoms with E-state index in [0.29, 0.717) is 6.61 Å². The van der Waals surface area contributed by atoms with E-state index in [4.69, 9.17) is 18.9 Å². The van der Waals surface area contributed by atoms with Crippen LogP contribution in [0.3, 0.4) is 0 Å². The predicted octanol–water partition coefficient (Wildman–Crippen LogP) is 2.58. The van der Waals surface area contributed by atoms with Crippen molar-refractivity contribution >= 4 is 11.7 Å². The van der Waals surface area contributed by atoms with Gasteiger partial charge in [0.05, 0.1) is 18.4 Å². The van der Waals surface area contributed by atoms with Crippen molar-refractivity contribution in [3.05, 3.63) is 47.2 Å². The predicted molar refractivity (Wildman–Crippen MR) is 103 cm³/mol. The molecule has 5 atom stereocenters. The van der Waals surface area contributed by atoms with Gasteiger partial charge < -0.3 is 29.2 Å². The van der Waals surface area contributed by atoms with Gasteiger partial charge in [-0.05, 0) is 26.3 Å². The lowest BCUT2D eigenvalue weighted by Gasteiger charge is -2.31. The summed E-state index contributed by atoms with van der Waals surface area (Å²) in [5.74, 6) is -2.20. The number of benzene rings is 1. The first-order chi connectivity index (χ1) is 13.7. The lowest BCUT2D eigenvalue weighted by molar-refractivity contribution is -0.221. The second-order valence-corrected chi connectivity index (χ2v) is 7.94. The molecule has 0 bridgehead atoms. The Morgan fingerprint density at radius 2 is 1.97 bits per heavy atom. The van der Waals surface area contributed by atoms with Crippen molar-refractivity contribution in [1.29, 1.82) is 0 Å². The van der Waals surface area contributed by atoms with Crippen LogP contribution >= 0.6 is 0 Å². The Balaban J connectivity index is 1.56. The van der Waals surface area contributed by atoms with Crippen LogP contribution in [0.1, 0.15) is 32.8 Å². The van der Waals surface area contributed by atoms with E-state index in [-0.39, 0.29) is 23.5 Å². The van der Waals surface area contributed by atoms with Crippen LogP contribution < -0.4 is 0 Å². The van der Waals surface area contributed by atoms with Crippen LogP contribution in [0.2, 0.25) is 0 Å². The van der Waals surface area contributed by atoms with E-state index in [9.17, 15) is 15.0 Å². The number of carbonyl (C=O) groups is 1. The Morgan fingerprint density at radius 1 is 1.24 bits per heavy atom. The summed E-state index contributed by atoms with van der Waals surface area (Å²) in [4.78, 5) is 15.9.